The number of fused-ring (bicyclic) bond motifs is 1. The van der Waals surface area contributed by atoms with Crippen molar-refractivity contribution in [3.05, 3.63) is 65.5 Å². The van der Waals surface area contributed by atoms with Crippen LogP contribution in [0.15, 0.2) is 48.7 Å². The summed E-state index contributed by atoms with van der Waals surface area (Å²) in [7, 11) is -1.53. The van der Waals surface area contributed by atoms with E-state index in [0.717, 1.165) is 5.56 Å². The van der Waals surface area contributed by atoms with E-state index < -0.39 is 14.5 Å². The van der Waals surface area contributed by atoms with Crippen LogP contribution in [0.3, 0.4) is 0 Å². The third kappa shape index (κ3) is 6.22. The predicted molar refractivity (Wildman–Crippen MR) is 146 cm³/mol. The van der Waals surface area contributed by atoms with Crippen molar-refractivity contribution in [3.63, 3.8) is 0 Å². The number of hydrogen-bond donors (Lipinski definition) is 3. The van der Waals surface area contributed by atoms with E-state index in [1.165, 1.54) is 0 Å². The number of nitrogens with two attached hydrogens (primary N) is 1. The second-order valence-electron chi connectivity index (χ2n) is 10.3. The van der Waals surface area contributed by atoms with Gasteiger partial charge in [-0.1, -0.05) is 12.1 Å². The molecule has 0 fully saturated rings. The number of aromatic nitrogens is 3. The fourth-order valence-electron chi connectivity index (χ4n) is 5.14. The van der Waals surface area contributed by atoms with E-state index in [9.17, 15) is 4.79 Å². The third-order valence-electron chi connectivity index (χ3n) is 7.16. The Kier molecular flexibility index (Phi) is 8.49. The Morgan fingerprint density at radius 2 is 2.03 bits per heavy atom. The van der Waals surface area contributed by atoms with Crippen LogP contribution in [0.1, 0.15) is 41.1 Å². The number of halogens is 1. The van der Waals surface area contributed by atoms with Gasteiger partial charge in [-0.25, -0.2) is 0 Å². The van der Waals surface area contributed by atoms with E-state index in [-0.39, 0.29) is 30.1 Å². The molecule has 4 N–H and O–H groups in total. The molecule has 9 nitrogen and oxygen atoms in total. The number of benzene rings is 2. The zero-order chi connectivity index (χ0) is 27.4. The number of amides is 1. The summed E-state index contributed by atoms with van der Waals surface area (Å²) < 4.78 is 29.8. The number of nitrogens with one attached hydrogen (secondary N) is 1. The predicted octanol–water partition coefficient (Wildman–Crippen LogP) is 4.37. The monoisotopic (exact) mass is 541 g/mol. The molecule has 11 heteroatoms. The molecule has 0 radical (unpaired) electrons. The number of ether oxygens (including phenoxy) is 2. The van der Waals surface area contributed by atoms with Crippen LogP contribution in [-0.4, -0.2) is 54.2 Å². The molecule has 2 heterocycles. The molecule has 3 aromatic rings. The highest BCUT2D eigenvalue weighted by atomic mass is 28.4. The molecular formula is C27H36FN5O4Si. The largest absolute Gasteiger partial charge is 0.490 e. The third-order valence-corrected chi connectivity index (χ3v) is 9.54. The minimum Gasteiger partial charge on any atom is -0.490 e. The second-order valence-corrected chi connectivity index (χ2v) is 14.2. The topological polar surface area (TPSA) is 125 Å². The van der Waals surface area contributed by atoms with Gasteiger partial charge >= 0.3 is 0 Å². The quantitative estimate of drug-likeness (QED) is 0.198. The van der Waals surface area contributed by atoms with Gasteiger partial charge in [-0.2, -0.15) is 0 Å². The van der Waals surface area contributed by atoms with Crippen LogP contribution in [0.4, 0.5) is 15.5 Å². The Bertz CT molecular complexity index is 1250. The van der Waals surface area contributed by atoms with Gasteiger partial charge in [-0.3, -0.25) is 9.48 Å². The van der Waals surface area contributed by atoms with E-state index in [2.05, 4.69) is 15.6 Å². The van der Waals surface area contributed by atoms with Crippen molar-refractivity contribution in [2.45, 2.75) is 57.2 Å². The van der Waals surface area contributed by atoms with E-state index >= 15 is 4.11 Å². The number of rotatable bonds is 10. The summed E-state index contributed by atoms with van der Waals surface area (Å²) in [4.78, 5) is 12.7. The Hall–Kier alpha value is -3.28. The van der Waals surface area contributed by atoms with Crippen molar-refractivity contribution in [2.75, 3.05) is 24.8 Å². The highest BCUT2D eigenvalue weighted by molar-refractivity contribution is 6.72. The lowest BCUT2D eigenvalue weighted by Gasteiger charge is -2.43. The van der Waals surface area contributed by atoms with E-state index in [1.54, 1.807) is 67.5 Å². The summed E-state index contributed by atoms with van der Waals surface area (Å²) in [6, 6.07) is 12.2. The summed E-state index contributed by atoms with van der Waals surface area (Å²) in [6.45, 7) is 5.93. The molecule has 38 heavy (non-hydrogen) atoms. The van der Waals surface area contributed by atoms with Crippen LogP contribution in [-0.2, 0) is 17.7 Å². The molecular weight excluding hydrogens is 505 g/mol. The highest BCUT2D eigenvalue weighted by Crippen LogP contribution is 2.48. The number of methoxy groups -OCH3 is 1. The maximum atomic E-state index is 15.7. The fraction of sp³-hybridized carbons (Fsp3) is 0.444. The van der Waals surface area contributed by atoms with Crippen molar-refractivity contribution in [1.82, 2.24) is 15.0 Å². The zero-order valence-corrected chi connectivity index (χ0v) is 23.2. The Balaban J connectivity index is 1.54. The minimum atomic E-state index is -3.16. The lowest BCUT2D eigenvalue weighted by molar-refractivity contribution is -0.0242. The number of anilines is 2. The van der Waals surface area contributed by atoms with Crippen LogP contribution in [0.2, 0.25) is 18.6 Å². The number of nitrogen functional groups attached to an aromatic ring is 1. The number of hydrogen-bond acceptors (Lipinski definition) is 7. The molecule has 204 valence electrons. The number of aliphatic hydroxyl groups is 1. The van der Waals surface area contributed by atoms with Crippen LogP contribution < -0.4 is 15.8 Å². The summed E-state index contributed by atoms with van der Waals surface area (Å²) in [5.74, 6) is 0.241. The van der Waals surface area contributed by atoms with Gasteiger partial charge in [0.05, 0.1) is 11.8 Å². The number of aryl methyl sites for hydroxylation is 1. The molecule has 1 unspecified atom stereocenters. The molecule has 0 saturated carbocycles. The molecule has 2 aromatic carbocycles. The van der Waals surface area contributed by atoms with Crippen molar-refractivity contribution in [2.24, 2.45) is 5.92 Å². The summed E-state index contributed by atoms with van der Waals surface area (Å²) in [6.07, 6.45) is 2.03. The van der Waals surface area contributed by atoms with Gasteiger partial charge in [0.2, 0.25) is 8.41 Å². The van der Waals surface area contributed by atoms with Gasteiger partial charge in [0, 0.05) is 66.8 Å². The Morgan fingerprint density at radius 1 is 1.29 bits per heavy atom. The number of nitrogens with zero attached hydrogens (tertiary/aromatic N) is 3. The van der Waals surface area contributed by atoms with E-state index in [4.69, 9.17) is 20.3 Å². The van der Waals surface area contributed by atoms with Crippen molar-refractivity contribution in [1.29, 1.82) is 0 Å². The Labute approximate surface area is 223 Å². The van der Waals surface area contributed by atoms with Crippen LogP contribution in [0.25, 0.3) is 0 Å². The molecule has 4 rings (SSSR count). The van der Waals surface area contributed by atoms with E-state index in [1.807, 2.05) is 13.0 Å². The van der Waals surface area contributed by atoms with Gasteiger partial charge in [0.1, 0.15) is 11.9 Å². The van der Waals surface area contributed by atoms with Gasteiger partial charge in [0.25, 0.3) is 5.91 Å². The lowest BCUT2D eigenvalue weighted by Crippen LogP contribution is -2.46. The zero-order valence-electron chi connectivity index (χ0n) is 22.2. The first kappa shape index (κ1) is 27.7. The fourth-order valence-corrected chi connectivity index (χ4v) is 7.11. The number of carbonyl (C=O) groups is 1. The van der Waals surface area contributed by atoms with Crippen molar-refractivity contribution in [3.8, 4) is 5.75 Å². The molecule has 0 saturated heterocycles. The molecule has 0 bridgehead atoms. The normalized spacial score (nSPS) is 19.9. The smallest absolute Gasteiger partial charge is 0.255 e. The van der Waals surface area contributed by atoms with Gasteiger partial charge in [0.15, 0.2) is 0 Å². The molecule has 0 aliphatic carbocycles. The minimum absolute atomic E-state index is 0.00373. The molecule has 1 aliphatic heterocycles. The summed E-state index contributed by atoms with van der Waals surface area (Å²) in [5, 5.41) is 20.2. The standard InChI is InChI=1S/C27H36FN5O4Si/c1-17-25(36-2)22-15-20(30-27(35)18-5-7-19(29)8-6-18)9-10-23(22)37-26(17)24(38(3,4)28)11-13-33-16-21(12-14-34)31-32-33/h5-10,15-17,24-26,34H,11-14,29H2,1-4H3,(H,30,35)/t17-,24?,25-,26-/m1/s1. The van der Waals surface area contributed by atoms with Gasteiger partial charge in [-0.05, 0) is 62.0 Å². The second kappa shape index (κ2) is 11.6. The molecule has 1 aliphatic rings. The molecule has 1 aromatic heterocycles. The molecule has 1 amide bonds. The SMILES string of the molecule is CO[C@H]1c2cc(NC(=O)c3ccc(N)cc3)ccc2O[C@@H](C(CCn2cc(CCO)nn2)[Si](C)(C)F)[C@@H]1C. The highest BCUT2D eigenvalue weighted by Gasteiger charge is 2.47. The number of carbonyl (C=O) groups excluding carboxylic acids is 1. The summed E-state index contributed by atoms with van der Waals surface area (Å²) in [5.41, 5.74) is 8.62. The average molecular weight is 542 g/mol. The number of aliphatic hydroxyl groups excluding tert-OH is 1. The first-order valence-electron chi connectivity index (χ1n) is 12.8. The van der Waals surface area contributed by atoms with Crippen LogP contribution in [0.5, 0.6) is 5.75 Å². The van der Waals surface area contributed by atoms with Crippen molar-refractivity contribution < 1.29 is 23.5 Å². The summed E-state index contributed by atoms with van der Waals surface area (Å²) >= 11 is 0. The molecule has 4 atom stereocenters. The van der Waals surface area contributed by atoms with Crippen LogP contribution >= 0.6 is 0 Å². The van der Waals surface area contributed by atoms with E-state index in [0.29, 0.717) is 47.8 Å². The van der Waals surface area contributed by atoms with Crippen LogP contribution in [0, 0.1) is 5.92 Å². The molecule has 0 spiro atoms. The first-order valence-corrected chi connectivity index (χ1v) is 15.7. The maximum Gasteiger partial charge on any atom is 0.255 e. The maximum absolute atomic E-state index is 15.7. The van der Waals surface area contributed by atoms with Gasteiger partial charge < -0.3 is 29.7 Å². The lowest BCUT2D eigenvalue weighted by atomic mass is 9.86. The average Bonchev–Trinajstić information content (AvgIpc) is 3.31. The van der Waals surface area contributed by atoms with Gasteiger partial charge in [-0.15, -0.1) is 5.10 Å². The van der Waals surface area contributed by atoms with Crippen molar-refractivity contribution >= 4 is 25.7 Å². The Morgan fingerprint density at radius 3 is 2.68 bits per heavy atom. The first-order chi connectivity index (χ1) is 18.1.